The number of aryl methyl sites for hydroxylation is 2. The van der Waals surface area contributed by atoms with E-state index in [0.717, 1.165) is 35.4 Å². The largest absolute Gasteiger partial charge is 0.339 e. The van der Waals surface area contributed by atoms with Gasteiger partial charge in [-0.1, -0.05) is 48.5 Å². The quantitative estimate of drug-likeness (QED) is 0.615. The summed E-state index contributed by atoms with van der Waals surface area (Å²) in [6.45, 7) is 0. The fourth-order valence-electron chi connectivity index (χ4n) is 2.41. The summed E-state index contributed by atoms with van der Waals surface area (Å²) < 4.78 is 56.5. The Morgan fingerprint density at radius 3 is 1.15 bits per heavy atom. The average Bonchev–Trinajstić information content (AvgIpc) is 2.45. The van der Waals surface area contributed by atoms with Crippen LogP contribution < -0.4 is 0 Å². The summed E-state index contributed by atoms with van der Waals surface area (Å²) in [5.74, 6) is -8.46. The van der Waals surface area contributed by atoms with Crippen molar-refractivity contribution in [2.45, 2.75) is 24.7 Å². The Morgan fingerprint density at radius 2 is 0.850 bits per heavy atom. The van der Waals surface area contributed by atoms with Gasteiger partial charge in [0.1, 0.15) is 0 Å². The second kappa shape index (κ2) is 4.33. The Hall–Kier alpha value is -1.84. The van der Waals surface area contributed by atoms with Gasteiger partial charge in [0, 0.05) is 11.1 Å². The number of halogens is 4. The lowest BCUT2D eigenvalue weighted by Crippen LogP contribution is -2.35. The van der Waals surface area contributed by atoms with Crippen molar-refractivity contribution in [1.29, 1.82) is 0 Å². The summed E-state index contributed by atoms with van der Waals surface area (Å²) >= 11 is 0. The summed E-state index contributed by atoms with van der Waals surface area (Å²) in [6.07, 6.45) is 1.39. The molecule has 0 fully saturated rings. The second-order valence-corrected chi connectivity index (χ2v) is 5.04. The highest BCUT2D eigenvalue weighted by Gasteiger charge is 2.58. The van der Waals surface area contributed by atoms with Crippen LogP contribution >= 0.6 is 0 Å². The van der Waals surface area contributed by atoms with Crippen molar-refractivity contribution in [3.8, 4) is 0 Å². The second-order valence-electron chi connectivity index (χ2n) is 5.04. The molecule has 4 aliphatic rings. The molecule has 20 heavy (non-hydrogen) atoms. The Bertz CT molecular complexity index is 554. The van der Waals surface area contributed by atoms with Gasteiger partial charge >= 0.3 is 11.8 Å². The molecule has 0 spiro atoms. The van der Waals surface area contributed by atoms with Gasteiger partial charge in [-0.3, -0.25) is 0 Å². The van der Waals surface area contributed by atoms with E-state index in [1.165, 1.54) is 24.3 Å². The topological polar surface area (TPSA) is 0 Å². The predicted octanol–water partition coefficient (Wildman–Crippen LogP) is 4.67. The summed E-state index contributed by atoms with van der Waals surface area (Å²) in [7, 11) is 0. The van der Waals surface area contributed by atoms with E-state index in [9.17, 15) is 17.6 Å². The smallest absolute Gasteiger partial charge is 0.194 e. The zero-order chi connectivity index (χ0) is 14.4. The third kappa shape index (κ3) is 1.90. The van der Waals surface area contributed by atoms with E-state index in [1.54, 1.807) is 0 Å². The fraction of sp³-hybridized carbons (Fsp3) is 0.250. The molecule has 0 atom stereocenters. The number of benzene rings is 2. The summed E-state index contributed by atoms with van der Waals surface area (Å²) in [6, 6.07) is 10.4. The molecule has 0 saturated heterocycles. The van der Waals surface area contributed by atoms with E-state index < -0.39 is 23.0 Å². The molecule has 0 N–H and O–H groups in total. The molecule has 0 unspecified atom stereocenters. The van der Waals surface area contributed by atoms with Gasteiger partial charge in [-0.25, -0.2) is 0 Å². The first-order chi connectivity index (χ1) is 9.41. The van der Waals surface area contributed by atoms with Crippen LogP contribution in [0, 0.1) is 0 Å². The monoisotopic (exact) mass is 280 g/mol. The first-order valence-electron chi connectivity index (χ1n) is 6.36. The molecule has 0 aromatic heterocycles. The van der Waals surface area contributed by atoms with Crippen molar-refractivity contribution in [3.05, 3.63) is 70.8 Å². The lowest BCUT2D eigenvalue weighted by atomic mass is 9.92. The van der Waals surface area contributed by atoms with Gasteiger partial charge in [-0.05, 0) is 24.0 Å². The minimum atomic E-state index is -4.23. The number of rotatable bonds is 0. The van der Waals surface area contributed by atoms with Crippen molar-refractivity contribution in [1.82, 2.24) is 0 Å². The first kappa shape index (κ1) is 13.2. The Labute approximate surface area is 114 Å². The minimum absolute atomic E-state index is 0.657. The molecular weight excluding hydrogens is 268 g/mol. The van der Waals surface area contributed by atoms with Crippen molar-refractivity contribution in [2.75, 3.05) is 0 Å². The van der Waals surface area contributed by atoms with Gasteiger partial charge in [0.25, 0.3) is 0 Å². The molecule has 0 nitrogen and oxygen atoms in total. The zero-order valence-electron chi connectivity index (χ0n) is 10.5. The molecule has 0 heterocycles. The van der Waals surface area contributed by atoms with Gasteiger partial charge < -0.3 is 0 Å². The maximum Gasteiger partial charge on any atom is 0.339 e. The SMILES string of the molecule is FC1(F)c2ccc(cc2)CCc2ccc(cc2)C1(F)F. The molecule has 104 valence electrons. The van der Waals surface area contributed by atoms with E-state index in [2.05, 4.69) is 0 Å². The van der Waals surface area contributed by atoms with Crippen molar-refractivity contribution in [2.24, 2.45) is 0 Å². The molecule has 0 amide bonds. The van der Waals surface area contributed by atoms with Crippen molar-refractivity contribution in [3.63, 3.8) is 0 Å². The van der Waals surface area contributed by atoms with Crippen LogP contribution in [0.15, 0.2) is 48.5 Å². The van der Waals surface area contributed by atoms with E-state index in [1.807, 2.05) is 0 Å². The standard InChI is InChI=1S/C16H12F4/c17-15(18)13-7-3-11(4-8-13)1-2-12-5-9-14(10-6-12)16(15,19)20/h3-10H,1-2H2. The highest BCUT2D eigenvalue weighted by atomic mass is 19.3. The Morgan fingerprint density at radius 1 is 0.550 bits per heavy atom. The first-order valence-corrected chi connectivity index (χ1v) is 6.36. The van der Waals surface area contributed by atoms with Gasteiger partial charge in [0.15, 0.2) is 0 Å². The van der Waals surface area contributed by atoms with E-state index >= 15 is 0 Å². The molecule has 0 aliphatic heterocycles. The van der Waals surface area contributed by atoms with Crippen LogP contribution in [0.1, 0.15) is 22.3 Å². The lowest BCUT2D eigenvalue weighted by Gasteiger charge is -2.28. The summed E-state index contributed by atoms with van der Waals surface area (Å²) in [4.78, 5) is 0. The average molecular weight is 280 g/mol. The molecule has 4 aliphatic carbocycles. The number of hydrogen-bond acceptors (Lipinski definition) is 0. The molecule has 6 rings (SSSR count). The van der Waals surface area contributed by atoms with Crippen LogP contribution in [0.25, 0.3) is 0 Å². The summed E-state index contributed by atoms with van der Waals surface area (Å²) in [5.41, 5.74) is 0.404. The van der Waals surface area contributed by atoms with Gasteiger partial charge in [0.2, 0.25) is 0 Å². The fourth-order valence-corrected chi connectivity index (χ4v) is 2.41. The zero-order valence-corrected chi connectivity index (χ0v) is 10.5. The molecule has 2 aromatic rings. The maximum atomic E-state index is 14.1. The number of hydrogen-bond donors (Lipinski definition) is 0. The van der Waals surface area contributed by atoms with Crippen molar-refractivity contribution >= 4 is 0 Å². The van der Waals surface area contributed by atoms with Crippen LogP contribution in [-0.2, 0) is 24.7 Å². The predicted molar refractivity (Wildman–Crippen MR) is 68.1 cm³/mol. The van der Waals surface area contributed by atoms with Crippen LogP contribution in [0.5, 0.6) is 0 Å². The van der Waals surface area contributed by atoms with E-state index in [4.69, 9.17) is 0 Å². The van der Waals surface area contributed by atoms with Crippen LogP contribution in [0.2, 0.25) is 0 Å². The van der Waals surface area contributed by atoms with Gasteiger partial charge in [0.05, 0.1) is 0 Å². The van der Waals surface area contributed by atoms with Gasteiger partial charge in [-0.15, -0.1) is 0 Å². The highest BCUT2D eigenvalue weighted by molar-refractivity contribution is 5.35. The van der Waals surface area contributed by atoms with Crippen LogP contribution in [-0.4, -0.2) is 0 Å². The van der Waals surface area contributed by atoms with E-state index in [0.29, 0.717) is 12.8 Å². The molecule has 0 radical (unpaired) electrons. The third-order valence-corrected chi connectivity index (χ3v) is 3.73. The maximum absolute atomic E-state index is 14.1. The number of alkyl halides is 4. The molecule has 4 bridgehead atoms. The Kier molecular flexibility index (Phi) is 2.85. The third-order valence-electron chi connectivity index (χ3n) is 3.73. The Balaban J connectivity index is 2.21. The molecular formula is C16H12F4. The van der Waals surface area contributed by atoms with E-state index in [-0.39, 0.29) is 0 Å². The normalized spacial score (nSPS) is 19.4. The highest BCUT2D eigenvalue weighted by Crippen LogP contribution is 2.49. The van der Waals surface area contributed by atoms with Crippen LogP contribution in [0.3, 0.4) is 0 Å². The van der Waals surface area contributed by atoms with Gasteiger partial charge in [-0.2, -0.15) is 17.6 Å². The molecule has 0 saturated carbocycles. The lowest BCUT2D eigenvalue weighted by molar-refractivity contribution is -0.223. The van der Waals surface area contributed by atoms with Crippen LogP contribution in [0.4, 0.5) is 17.6 Å². The molecule has 2 aromatic carbocycles. The minimum Gasteiger partial charge on any atom is -0.194 e. The van der Waals surface area contributed by atoms with Crippen molar-refractivity contribution < 1.29 is 17.6 Å². The summed E-state index contributed by atoms with van der Waals surface area (Å²) in [5, 5.41) is 0. The molecule has 4 heteroatoms.